The first-order valence-corrected chi connectivity index (χ1v) is 7.87. The number of hydrogen-bond donors (Lipinski definition) is 0. The van der Waals surface area contributed by atoms with Crippen LogP contribution >= 0.6 is 23.4 Å². The summed E-state index contributed by atoms with van der Waals surface area (Å²) in [5, 5.41) is 1.44. The van der Waals surface area contributed by atoms with Crippen LogP contribution in [0.4, 0.5) is 0 Å². The highest BCUT2D eigenvalue weighted by molar-refractivity contribution is 7.98. The van der Waals surface area contributed by atoms with Crippen molar-refractivity contribution in [2.75, 3.05) is 6.26 Å². The summed E-state index contributed by atoms with van der Waals surface area (Å²) in [5.41, 5.74) is 3.00. The van der Waals surface area contributed by atoms with Crippen molar-refractivity contribution in [2.24, 2.45) is 0 Å². The lowest BCUT2D eigenvalue weighted by Crippen LogP contribution is -1.94. The van der Waals surface area contributed by atoms with E-state index in [1.165, 1.54) is 0 Å². The molecule has 0 fully saturated rings. The van der Waals surface area contributed by atoms with Crippen LogP contribution in [-0.4, -0.2) is 16.2 Å². The van der Waals surface area contributed by atoms with E-state index in [1.807, 2.05) is 49.6 Å². The van der Waals surface area contributed by atoms with Crippen molar-refractivity contribution in [3.8, 4) is 11.4 Å². The first-order chi connectivity index (χ1) is 9.70. The Bertz CT molecular complexity index is 787. The van der Waals surface area contributed by atoms with Gasteiger partial charge < -0.3 is 0 Å². The summed E-state index contributed by atoms with van der Waals surface area (Å²) < 4.78 is 0. The molecule has 3 aromatic rings. The molecule has 0 N–H and O–H groups in total. The number of halogens is 1. The lowest BCUT2D eigenvalue weighted by molar-refractivity contribution is 1.20. The highest BCUT2D eigenvalue weighted by Crippen LogP contribution is 2.31. The van der Waals surface area contributed by atoms with Gasteiger partial charge in [-0.3, -0.25) is 0 Å². The highest BCUT2D eigenvalue weighted by atomic mass is 35.5. The van der Waals surface area contributed by atoms with Crippen LogP contribution in [-0.2, 0) is 0 Å². The van der Waals surface area contributed by atoms with E-state index in [-0.39, 0.29) is 0 Å². The Hall–Kier alpha value is -1.58. The average Bonchev–Trinajstić information content (AvgIpc) is 2.47. The van der Waals surface area contributed by atoms with E-state index in [9.17, 15) is 0 Å². The van der Waals surface area contributed by atoms with E-state index in [1.54, 1.807) is 11.8 Å². The normalized spacial score (nSPS) is 10.9. The molecule has 1 heterocycles. The molecule has 1 aromatic heterocycles. The maximum Gasteiger partial charge on any atom is 0.162 e. The van der Waals surface area contributed by atoms with Crippen LogP contribution in [0.5, 0.6) is 0 Å². The summed E-state index contributed by atoms with van der Waals surface area (Å²) in [4.78, 5) is 10.3. The van der Waals surface area contributed by atoms with Gasteiger partial charge in [-0.1, -0.05) is 41.9 Å². The van der Waals surface area contributed by atoms with Gasteiger partial charge in [-0.15, -0.1) is 11.8 Å². The minimum Gasteiger partial charge on any atom is -0.228 e. The van der Waals surface area contributed by atoms with Gasteiger partial charge in [0.15, 0.2) is 5.82 Å². The molecule has 20 heavy (non-hydrogen) atoms. The first-order valence-electron chi connectivity index (χ1n) is 6.27. The van der Waals surface area contributed by atoms with Gasteiger partial charge in [-0.2, -0.15) is 0 Å². The fourth-order valence-electron chi connectivity index (χ4n) is 2.25. The van der Waals surface area contributed by atoms with Gasteiger partial charge in [-0.25, -0.2) is 9.97 Å². The maximum atomic E-state index is 6.35. The van der Waals surface area contributed by atoms with E-state index >= 15 is 0 Å². The molecule has 0 aliphatic carbocycles. The molecule has 100 valence electrons. The van der Waals surface area contributed by atoms with Crippen molar-refractivity contribution < 1.29 is 0 Å². The number of thioether (sulfide) groups is 1. The van der Waals surface area contributed by atoms with Crippen LogP contribution in [0.15, 0.2) is 47.4 Å². The van der Waals surface area contributed by atoms with E-state index in [0.29, 0.717) is 11.0 Å². The minimum absolute atomic E-state index is 0.513. The number of fused-ring (bicyclic) bond motifs is 1. The van der Waals surface area contributed by atoms with Crippen molar-refractivity contribution in [1.82, 2.24) is 9.97 Å². The Labute approximate surface area is 127 Å². The number of rotatable bonds is 2. The molecule has 0 unspecified atom stereocenters. The molecule has 0 saturated carbocycles. The predicted octanol–water partition coefficient (Wildman–Crippen LogP) is 4.98. The van der Waals surface area contributed by atoms with E-state index in [2.05, 4.69) is 16.0 Å². The lowest BCUT2D eigenvalue weighted by atomic mass is 10.1. The van der Waals surface area contributed by atoms with Gasteiger partial charge in [0.05, 0.1) is 5.52 Å². The van der Waals surface area contributed by atoms with E-state index in [0.717, 1.165) is 26.9 Å². The van der Waals surface area contributed by atoms with Crippen LogP contribution in [0.25, 0.3) is 22.3 Å². The summed E-state index contributed by atoms with van der Waals surface area (Å²) in [6.07, 6.45) is 2.05. The molecule has 2 aromatic carbocycles. The monoisotopic (exact) mass is 300 g/mol. The molecule has 0 bridgehead atoms. The Morgan fingerprint density at radius 2 is 1.80 bits per heavy atom. The smallest absolute Gasteiger partial charge is 0.162 e. The number of nitrogens with zero attached hydrogens (tertiary/aromatic N) is 2. The third-order valence-corrected chi connectivity index (χ3v) is 4.30. The molecule has 0 saturated heterocycles. The zero-order chi connectivity index (χ0) is 14.1. The Balaban J connectivity index is 2.28. The van der Waals surface area contributed by atoms with Crippen molar-refractivity contribution in [2.45, 2.75) is 11.8 Å². The van der Waals surface area contributed by atoms with Crippen molar-refractivity contribution in [1.29, 1.82) is 0 Å². The van der Waals surface area contributed by atoms with Crippen molar-refractivity contribution >= 4 is 34.3 Å². The number of hydrogen-bond acceptors (Lipinski definition) is 3. The van der Waals surface area contributed by atoms with Gasteiger partial charge in [0.25, 0.3) is 0 Å². The second-order valence-corrected chi connectivity index (χ2v) is 5.71. The molecule has 0 aliphatic heterocycles. The molecule has 0 spiro atoms. The molecule has 0 atom stereocenters. The fourth-order valence-corrected chi connectivity index (χ4v) is 3.17. The summed E-state index contributed by atoms with van der Waals surface area (Å²) in [7, 11) is 0. The van der Waals surface area contributed by atoms with Crippen molar-refractivity contribution in [3.63, 3.8) is 0 Å². The second-order valence-electron chi connectivity index (χ2n) is 4.51. The largest absolute Gasteiger partial charge is 0.228 e. The van der Waals surface area contributed by atoms with Crippen LogP contribution in [0.1, 0.15) is 5.56 Å². The average molecular weight is 301 g/mol. The van der Waals surface area contributed by atoms with Crippen LogP contribution < -0.4 is 0 Å². The van der Waals surface area contributed by atoms with E-state index in [4.69, 9.17) is 11.6 Å². The van der Waals surface area contributed by atoms with Gasteiger partial charge >= 0.3 is 0 Å². The lowest BCUT2D eigenvalue weighted by Gasteiger charge is -2.09. The van der Waals surface area contributed by atoms with Gasteiger partial charge in [0, 0.05) is 15.8 Å². The summed E-state index contributed by atoms with van der Waals surface area (Å²) >= 11 is 8.04. The SMILES string of the molecule is CSc1ccccc1-c1nc(Cl)c2c(C)cccc2n1. The Morgan fingerprint density at radius 1 is 1.00 bits per heavy atom. The molecule has 0 amide bonds. The van der Waals surface area contributed by atoms with Crippen LogP contribution in [0.3, 0.4) is 0 Å². The van der Waals surface area contributed by atoms with Crippen LogP contribution in [0.2, 0.25) is 5.15 Å². The second kappa shape index (κ2) is 5.43. The summed E-state index contributed by atoms with van der Waals surface area (Å²) in [6, 6.07) is 14.1. The molecular formula is C16H13ClN2S. The molecule has 3 rings (SSSR count). The molecule has 0 radical (unpaired) electrons. The van der Waals surface area contributed by atoms with Gasteiger partial charge in [-0.05, 0) is 30.9 Å². The summed E-state index contributed by atoms with van der Waals surface area (Å²) in [5.74, 6) is 0.679. The van der Waals surface area contributed by atoms with Gasteiger partial charge in [0.2, 0.25) is 0 Å². The standard InChI is InChI=1S/C16H13ClN2S/c1-10-6-5-8-12-14(10)15(17)19-16(18-12)11-7-3-4-9-13(11)20-2/h3-9H,1-2H3. The Morgan fingerprint density at radius 3 is 2.60 bits per heavy atom. The highest BCUT2D eigenvalue weighted by Gasteiger charge is 2.11. The zero-order valence-corrected chi connectivity index (χ0v) is 12.8. The van der Waals surface area contributed by atoms with Gasteiger partial charge in [0.1, 0.15) is 5.15 Å². The summed E-state index contributed by atoms with van der Waals surface area (Å²) in [6.45, 7) is 2.02. The quantitative estimate of drug-likeness (QED) is 0.493. The topological polar surface area (TPSA) is 25.8 Å². The third kappa shape index (κ3) is 2.28. The Kier molecular flexibility index (Phi) is 3.64. The number of aryl methyl sites for hydroxylation is 1. The fraction of sp³-hybridized carbons (Fsp3) is 0.125. The number of aromatic nitrogens is 2. The zero-order valence-electron chi connectivity index (χ0n) is 11.2. The van der Waals surface area contributed by atoms with E-state index < -0.39 is 0 Å². The van der Waals surface area contributed by atoms with Crippen molar-refractivity contribution in [3.05, 3.63) is 53.2 Å². The molecule has 2 nitrogen and oxygen atoms in total. The molecular weight excluding hydrogens is 288 g/mol. The number of benzene rings is 2. The first kappa shape index (κ1) is 13.4. The predicted molar refractivity (Wildman–Crippen MR) is 86.5 cm³/mol. The third-order valence-electron chi connectivity index (χ3n) is 3.24. The molecule has 4 heteroatoms. The minimum atomic E-state index is 0.513. The molecule has 0 aliphatic rings. The maximum absolute atomic E-state index is 6.35. The van der Waals surface area contributed by atoms with Crippen LogP contribution in [0, 0.1) is 6.92 Å².